The number of hydrogen-bond donors (Lipinski definition) is 1. The van der Waals surface area contributed by atoms with Crippen LogP contribution in [0.4, 0.5) is 0 Å². The average molecular weight is 204 g/mol. The molecule has 0 aliphatic carbocycles. The molecular formula is C10H24N2S. The van der Waals surface area contributed by atoms with E-state index in [0.717, 1.165) is 6.54 Å². The van der Waals surface area contributed by atoms with Gasteiger partial charge < -0.3 is 10.6 Å². The molecule has 0 aromatic carbocycles. The molecule has 0 saturated carbocycles. The van der Waals surface area contributed by atoms with Gasteiger partial charge in [0.15, 0.2) is 0 Å². The van der Waals surface area contributed by atoms with Crippen LogP contribution in [0, 0.1) is 5.92 Å². The lowest BCUT2D eigenvalue weighted by molar-refractivity contribution is 0.324. The lowest BCUT2D eigenvalue weighted by Gasteiger charge is -2.17. The SMILES string of the molecule is CCN(CC)CCSCC(C)CN. The number of thioether (sulfide) groups is 1. The number of hydrogen-bond acceptors (Lipinski definition) is 3. The quantitative estimate of drug-likeness (QED) is 0.610. The van der Waals surface area contributed by atoms with E-state index < -0.39 is 0 Å². The molecule has 80 valence electrons. The maximum Gasteiger partial charge on any atom is 0.00721 e. The van der Waals surface area contributed by atoms with Crippen molar-refractivity contribution in [1.82, 2.24) is 4.90 Å². The first kappa shape index (κ1) is 13.3. The van der Waals surface area contributed by atoms with Crippen molar-refractivity contribution in [2.75, 3.05) is 37.7 Å². The zero-order chi connectivity index (χ0) is 10.1. The monoisotopic (exact) mass is 204 g/mol. The summed E-state index contributed by atoms with van der Waals surface area (Å²) in [6, 6.07) is 0. The van der Waals surface area contributed by atoms with Crippen molar-refractivity contribution in [3.8, 4) is 0 Å². The summed E-state index contributed by atoms with van der Waals surface area (Å²) >= 11 is 2.02. The fourth-order valence-corrected chi connectivity index (χ4v) is 2.18. The Labute approximate surface area is 87.2 Å². The summed E-state index contributed by atoms with van der Waals surface area (Å²) < 4.78 is 0. The van der Waals surface area contributed by atoms with Gasteiger partial charge in [-0.25, -0.2) is 0 Å². The number of nitrogens with two attached hydrogens (primary N) is 1. The van der Waals surface area contributed by atoms with Gasteiger partial charge in [-0.1, -0.05) is 20.8 Å². The first-order valence-electron chi connectivity index (χ1n) is 5.24. The molecule has 0 aliphatic rings. The second-order valence-electron chi connectivity index (χ2n) is 3.44. The Morgan fingerprint density at radius 3 is 2.38 bits per heavy atom. The van der Waals surface area contributed by atoms with Crippen LogP contribution in [-0.2, 0) is 0 Å². The van der Waals surface area contributed by atoms with E-state index in [-0.39, 0.29) is 0 Å². The number of nitrogens with zero attached hydrogens (tertiary/aromatic N) is 1. The van der Waals surface area contributed by atoms with Gasteiger partial charge in [0, 0.05) is 12.3 Å². The molecule has 0 amide bonds. The maximum atomic E-state index is 5.54. The molecule has 2 N–H and O–H groups in total. The molecule has 0 aromatic heterocycles. The van der Waals surface area contributed by atoms with Gasteiger partial charge in [-0.15, -0.1) is 0 Å². The fourth-order valence-electron chi connectivity index (χ4n) is 1.09. The highest BCUT2D eigenvalue weighted by Crippen LogP contribution is 2.07. The Hall–Kier alpha value is 0.270. The molecule has 0 aliphatic heterocycles. The smallest absolute Gasteiger partial charge is 0.00721 e. The molecule has 0 rings (SSSR count). The summed E-state index contributed by atoms with van der Waals surface area (Å²) in [5.41, 5.74) is 5.54. The predicted octanol–water partition coefficient (Wildman–Crippen LogP) is 1.66. The molecule has 0 heterocycles. The fraction of sp³-hybridized carbons (Fsp3) is 1.00. The summed E-state index contributed by atoms with van der Waals surface area (Å²) in [7, 11) is 0. The van der Waals surface area contributed by atoms with Crippen molar-refractivity contribution < 1.29 is 0 Å². The summed E-state index contributed by atoms with van der Waals surface area (Å²) in [4.78, 5) is 2.46. The van der Waals surface area contributed by atoms with E-state index in [9.17, 15) is 0 Å². The zero-order valence-corrected chi connectivity index (χ0v) is 10.1. The Balaban J connectivity index is 3.23. The normalized spacial score (nSPS) is 13.6. The van der Waals surface area contributed by atoms with Gasteiger partial charge >= 0.3 is 0 Å². The van der Waals surface area contributed by atoms with E-state index in [1.165, 1.54) is 31.1 Å². The molecule has 0 saturated heterocycles. The van der Waals surface area contributed by atoms with Crippen LogP contribution < -0.4 is 5.73 Å². The third-order valence-corrected chi connectivity index (χ3v) is 3.53. The van der Waals surface area contributed by atoms with Crippen molar-refractivity contribution in [3.05, 3.63) is 0 Å². The van der Waals surface area contributed by atoms with Gasteiger partial charge in [0.2, 0.25) is 0 Å². The van der Waals surface area contributed by atoms with Crippen LogP contribution in [0.15, 0.2) is 0 Å². The standard InChI is InChI=1S/C10H24N2S/c1-4-12(5-2)6-7-13-9-10(3)8-11/h10H,4-9,11H2,1-3H3. The van der Waals surface area contributed by atoms with Crippen LogP contribution >= 0.6 is 11.8 Å². The minimum atomic E-state index is 0.668. The highest BCUT2D eigenvalue weighted by Gasteiger charge is 2.01. The van der Waals surface area contributed by atoms with Crippen LogP contribution in [0.5, 0.6) is 0 Å². The van der Waals surface area contributed by atoms with Crippen molar-refractivity contribution in [2.24, 2.45) is 11.7 Å². The van der Waals surface area contributed by atoms with Gasteiger partial charge in [0.05, 0.1) is 0 Å². The predicted molar refractivity (Wildman–Crippen MR) is 63.3 cm³/mol. The molecule has 13 heavy (non-hydrogen) atoms. The summed E-state index contributed by atoms with van der Waals surface area (Å²) in [5.74, 6) is 3.12. The maximum absolute atomic E-state index is 5.54. The average Bonchev–Trinajstić information content (AvgIpc) is 2.18. The lowest BCUT2D eigenvalue weighted by Crippen LogP contribution is -2.25. The third kappa shape index (κ3) is 7.35. The minimum absolute atomic E-state index is 0.668. The van der Waals surface area contributed by atoms with E-state index in [0.29, 0.717) is 5.92 Å². The van der Waals surface area contributed by atoms with E-state index in [1.807, 2.05) is 11.8 Å². The van der Waals surface area contributed by atoms with Crippen molar-refractivity contribution in [1.29, 1.82) is 0 Å². The van der Waals surface area contributed by atoms with E-state index in [4.69, 9.17) is 5.73 Å². The summed E-state index contributed by atoms with van der Waals surface area (Å²) in [5, 5.41) is 0. The largest absolute Gasteiger partial charge is 0.330 e. The van der Waals surface area contributed by atoms with Crippen LogP contribution in [0.3, 0.4) is 0 Å². The second kappa shape index (κ2) is 8.85. The zero-order valence-electron chi connectivity index (χ0n) is 9.25. The van der Waals surface area contributed by atoms with E-state index in [2.05, 4.69) is 25.7 Å². The second-order valence-corrected chi connectivity index (χ2v) is 4.59. The molecule has 0 spiro atoms. The molecule has 3 heteroatoms. The molecule has 2 nitrogen and oxygen atoms in total. The van der Waals surface area contributed by atoms with Gasteiger partial charge in [0.1, 0.15) is 0 Å². The highest BCUT2D eigenvalue weighted by molar-refractivity contribution is 7.99. The minimum Gasteiger partial charge on any atom is -0.330 e. The Morgan fingerprint density at radius 2 is 1.92 bits per heavy atom. The van der Waals surface area contributed by atoms with Crippen LogP contribution in [0.2, 0.25) is 0 Å². The molecule has 1 unspecified atom stereocenters. The Bertz CT molecular complexity index is 105. The highest BCUT2D eigenvalue weighted by atomic mass is 32.2. The van der Waals surface area contributed by atoms with E-state index >= 15 is 0 Å². The lowest BCUT2D eigenvalue weighted by atomic mass is 10.2. The molecular weight excluding hydrogens is 180 g/mol. The van der Waals surface area contributed by atoms with Crippen molar-refractivity contribution in [3.63, 3.8) is 0 Å². The summed E-state index contributed by atoms with van der Waals surface area (Å²) in [6.45, 7) is 11.0. The van der Waals surface area contributed by atoms with Gasteiger partial charge in [-0.3, -0.25) is 0 Å². The molecule has 1 atom stereocenters. The van der Waals surface area contributed by atoms with Crippen molar-refractivity contribution >= 4 is 11.8 Å². The van der Waals surface area contributed by atoms with Gasteiger partial charge in [-0.05, 0) is 31.3 Å². The Morgan fingerprint density at radius 1 is 1.31 bits per heavy atom. The first-order chi connectivity index (χ1) is 6.24. The van der Waals surface area contributed by atoms with Crippen LogP contribution in [-0.4, -0.2) is 42.6 Å². The third-order valence-electron chi connectivity index (χ3n) is 2.25. The number of rotatable bonds is 8. The molecule has 0 radical (unpaired) electrons. The van der Waals surface area contributed by atoms with Gasteiger partial charge in [-0.2, -0.15) is 11.8 Å². The van der Waals surface area contributed by atoms with E-state index in [1.54, 1.807) is 0 Å². The molecule has 0 aromatic rings. The topological polar surface area (TPSA) is 29.3 Å². The van der Waals surface area contributed by atoms with Crippen molar-refractivity contribution in [2.45, 2.75) is 20.8 Å². The Kier molecular flexibility index (Phi) is 9.03. The van der Waals surface area contributed by atoms with Crippen LogP contribution in [0.25, 0.3) is 0 Å². The summed E-state index contributed by atoms with van der Waals surface area (Å²) in [6.07, 6.45) is 0. The molecule has 0 fully saturated rings. The molecule has 0 bridgehead atoms. The van der Waals surface area contributed by atoms with Gasteiger partial charge in [0.25, 0.3) is 0 Å². The first-order valence-corrected chi connectivity index (χ1v) is 6.40. The van der Waals surface area contributed by atoms with Crippen LogP contribution in [0.1, 0.15) is 20.8 Å².